The van der Waals surface area contributed by atoms with Gasteiger partial charge in [0.25, 0.3) is 0 Å². The van der Waals surface area contributed by atoms with Gasteiger partial charge in [0.1, 0.15) is 0 Å². The lowest BCUT2D eigenvalue weighted by molar-refractivity contribution is -0.128. The predicted octanol–water partition coefficient (Wildman–Crippen LogP) is 1.69. The van der Waals surface area contributed by atoms with Crippen LogP contribution in [0.5, 0.6) is 0 Å². The number of hydrogen-bond acceptors (Lipinski definition) is 3. The van der Waals surface area contributed by atoms with Crippen LogP contribution in [0.3, 0.4) is 0 Å². The number of amides is 1. The van der Waals surface area contributed by atoms with Crippen LogP contribution in [0.2, 0.25) is 0 Å². The Kier molecular flexibility index (Phi) is 4.33. The SMILES string of the molecule is O=C1CCCN1Cc1ccccc1CNC1CCOC1. The van der Waals surface area contributed by atoms with E-state index in [0.29, 0.717) is 12.5 Å². The molecule has 4 nitrogen and oxygen atoms in total. The van der Waals surface area contributed by atoms with Crippen molar-refractivity contribution in [3.63, 3.8) is 0 Å². The molecule has 2 saturated heterocycles. The van der Waals surface area contributed by atoms with Gasteiger partial charge in [-0.3, -0.25) is 4.79 Å². The summed E-state index contributed by atoms with van der Waals surface area (Å²) in [5.41, 5.74) is 2.55. The monoisotopic (exact) mass is 274 g/mol. The van der Waals surface area contributed by atoms with Crippen LogP contribution in [0.4, 0.5) is 0 Å². The second-order valence-electron chi connectivity index (χ2n) is 5.63. The molecule has 1 aromatic carbocycles. The summed E-state index contributed by atoms with van der Waals surface area (Å²) in [5, 5.41) is 3.55. The maximum Gasteiger partial charge on any atom is 0.222 e. The lowest BCUT2D eigenvalue weighted by Crippen LogP contribution is -2.30. The quantitative estimate of drug-likeness (QED) is 0.888. The summed E-state index contributed by atoms with van der Waals surface area (Å²) in [6.07, 6.45) is 2.80. The van der Waals surface area contributed by atoms with Crippen LogP contribution >= 0.6 is 0 Å². The molecule has 0 aromatic heterocycles. The predicted molar refractivity (Wildman–Crippen MR) is 77.2 cm³/mol. The standard InChI is InChI=1S/C16H22N2O2/c19-16-6-3-8-18(16)11-14-5-2-1-4-13(14)10-17-15-7-9-20-12-15/h1-2,4-5,15,17H,3,6-12H2. The number of carbonyl (C=O) groups excluding carboxylic acids is 1. The molecule has 2 heterocycles. The number of likely N-dealkylation sites (tertiary alicyclic amines) is 1. The van der Waals surface area contributed by atoms with Crippen LogP contribution in [0.25, 0.3) is 0 Å². The molecule has 1 amide bonds. The van der Waals surface area contributed by atoms with Gasteiger partial charge in [0.05, 0.1) is 6.61 Å². The summed E-state index contributed by atoms with van der Waals surface area (Å²) < 4.78 is 5.38. The Morgan fingerprint density at radius 1 is 1.30 bits per heavy atom. The van der Waals surface area contributed by atoms with Gasteiger partial charge in [-0.15, -0.1) is 0 Å². The highest BCUT2D eigenvalue weighted by Gasteiger charge is 2.21. The molecular formula is C16H22N2O2. The molecule has 2 aliphatic heterocycles. The fraction of sp³-hybridized carbons (Fsp3) is 0.562. The van der Waals surface area contributed by atoms with Crippen LogP contribution in [0.1, 0.15) is 30.4 Å². The highest BCUT2D eigenvalue weighted by atomic mass is 16.5. The Labute approximate surface area is 120 Å². The number of carbonyl (C=O) groups is 1. The molecule has 0 spiro atoms. The second kappa shape index (κ2) is 6.37. The van der Waals surface area contributed by atoms with Crippen molar-refractivity contribution in [2.45, 2.75) is 38.4 Å². The molecule has 4 heteroatoms. The first-order valence-electron chi connectivity index (χ1n) is 7.48. The third kappa shape index (κ3) is 3.19. The fourth-order valence-corrected chi connectivity index (χ4v) is 2.91. The van der Waals surface area contributed by atoms with Gasteiger partial charge in [-0.1, -0.05) is 24.3 Å². The topological polar surface area (TPSA) is 41.6 Å². The second-order valence-corrected chi connectivity index (χ2v) is 5.63. The van der Waals surface area contributed by atoms with Crippen molar-refractivity contribution in [2.24, 2.45) is 0 Å². The number of hydrogen-bond donors (Lipinski definition) is 1. The van der Waals surface area contributed by atoms with E-state index in [-0.39, 0.29) is 5.91 Å². The molecule has 1 aromatic rings. The Morgan fingerprint density at radius 2 is 2.15 bits per heavy atom. The number of ether oxygens (including phenoxy) is 1. The van der Waals surface area contributed by atoms with Crippen molar-refractivity contribution in [1.29, 1.82) is 0 Å². The van der Waals surface area contributed by atoms with Gasteiger partial charge in [0.15, 0.2) is 0 Å². The van der Waals surface area contributed by atoms with E-state index in [0.717, 1.165) is 45.7 Å². The summed E-state index contributed by atoms with van der Waals surface area (Å²) in [6.45, 7) is 4.18. The molecule has 3 rings (SSSR count). The average Bonchev–Trinajstić information content (AvgIpc) is 3.11. The summed E-state index contributed by atoms with van der Waals surface area (Å²) in [4.78, 5) is 13.7. The molecule has 1 unspecified atom stereocenters. The largest absolute Gasteiger partial charge is 0.380 e. The molecule has 2 fully saturated rings. The summed E-state index contributed by atoms with van der Waals surface area (Å²) in [5.74, 6) is 0.289. The normalized spacial score (nSPS) is 22.7. The first-order valence-corrected chi connectivity index (χ1v) is 7.48. The maximum atomic E-state index is 11.8. The van der Waals surface area contributed by atoms with E-state index >= 15 is 0 Å². The molecule has 0 saturated carbocycles. The third-order valence-electron chi connectivity index (χ3n) is 4.16. The molecule has 1 atom stereocenters. The van der Waals surface area contributed by atoms with E-state index in [1.165, 1.54) is 11.1 Å². The van der Waals surface area contributed by atoms with Crippen molar-refractivity contribution in [1.82, 2.24) is 10.2 Å². The minimum absolute atomic E-state index is 0.289. The van der Waals surface area contributed by atoms with E-state index in [9.17, 15) is 4.79 Å². The number of nitrogens with one attached hydrogen (secondary N) is 1. The zero-order valence-electron chi connectivity index (χ0n) is 11.8. The van der Waals surface area contributed by atoms with Crippen LogP contribution in [-0.4, -0.2) is 36.6 Å². The summed E-state index contributed by atoms with van der Waals surface area (Å²) in [6, 6.07) is 8.87. The molecule has 0 radical (unpaired) electrons. The van der Waals surface area contributed by atoms with Gasteiger partial charge in [0, 0.05) is 38.7 Å². The third-order valence-corrected chi connectivity index (χ3v) is 4.16. The zero-order valence-corrected chi connectivity index (χ0v) is 11.8. The minimum Gasteiger partial charge on any atom is -0.380 e. The Balaban J connectivity index is 1.62. The first-order chi connectivity index (χ1) is 9.83. The van der Waals surface area contributed by atoms with Gasteiger partial charge in [-0.05, 0) is 24.0 Å². The van der Waals surface area contributed by atoms with Gasteiger partial charge in [0.2, 0.25) is 5.91 Å². The van der Waals surface area contributed by atoms with Crippen LogP contribution in [0.15, 0.2) is 24.3 Å². The van der Waals surface area contributed by atoms with Gasteiger partial charge < -0.3 is 15.0 Å². The van der Waals surface area contributed by atoms with E-state index in [1.807, 2.05) is 4.90 Å². The van der Waals surface area contributed by atoms with Crippen molar-refractivity contribution < 1.29 is 9.53 Å². The van der Waals surface area contributed by atoms with Crippen molar-refractivity contribution >= 4 is 5.91 Å². The van der Waals surface area contributed by atoms with Gasteiger partial charge in [-0.25, -0.2) is 0 Å². The lowest BCUT2D eigenvalue weighted by Gasteiger charge is -2.19. The van der Waals surface area contributed by atoms with Crippen LogP contribution in [0, 0.1) is 0 Å². The van der Waals surface area contributed by atoms with Gasteiger partial charge in [-0.2, -0.15) is 0 Å². The van der Waals surface area contributed by atoms with Gasteiger partial charge >= 0.3 is 0 Å². The molecule has 2 aliphatic rings. The van der Waals surface area contributed by atoms with Crippen molar-refractivity contribution in [3.05, 3.63) is 35.4 Å². The number of benzene rings is 1. The van der Waals surface area contributed by atoms with E-state index in [2.05, 4.69) is 29.6 Å². The van der Waals surface area contributed by atoms with Crippen molar-refractivity contribution in [2.75, 3.05) is 19.8 Å². The molecule has 0 aliphatic carbocycles. The molecular weight excluding hydrogens is 252 g/mol. The Bertz CT molecular complexity index is 469. The number of nitrogens with zero attached hydrogens (tertiary/aromatic N) is 1. The van der Waals surface area contributed by atoms with Crippen LogP contribution in [-0.2, 0) is 22.6 Å². The highest BCUT2D eigenvalue weighted by molar-refractivity contribution is 5.78. The van der Waals surface area contributed by atoms with E-state index in [1.54, 1.807) is 0 Å². The summed E-state index contributed by atoms with van der Waals surface area (Å²) >= 11 is 0. The van der Waals surface area contributed by atoms with Crippen LogP contribution < -0.4 is 5.32 Å². The molecule has 20 heavy (non-hydrogen) atoms. The highest BCUT2D eigenvalue weighted by Crippen LogP contribution is 2.17. The first kappa shape index (κ1) is 13.6. The Morgan fingerprint density at radius 3 is 2.85 bits per heavy atom. The Hall–Kier alpha value is -1.39. The fourth-order valence-electron chi connectivity index (χ4n) is 2.91. The maximum absolute atomic E-state index is 11.8. The summed E-state index contributed by atoms with van der Waals surface area (Å²) in [7, 11) is 0. The zero-order chi connectivity index (χ0) is 13.8. The lowest BCUT2D eigenvalue weighted by atomic mass is 10.1. The van der Waals surface area contributed by atoms with Crippen molar-refractivity contribution in [3.8, 4) is 0 Å². The number of rotatable bonds is 5. The van der Waals surface area contributed by atoms with E-state index in [4.69, 9.17) is 4.74 Å². The average molecular weight is 274 g/mol. The molecule has 108 valence electrons. The smallest absolute Gasteiger partial charge is 0.222 e. The van der Waals surface area contributed by atoms with E-state index < -0.39 is 0 Å². The minimum atomic E-state index is 0.289. The molecule has 0 bridgehead atoms. The molecule has 1 N–H and O–H groups in total.